The van der Waals surface area contributed by atoms with E-state index < -0.39 is 0 Å². The van der Waals surface area contributed by atoms with E-state index in [4.69, 9.17) is 14.5 Å². The molecule has 1 amide bonds. The minimum Gasteiger partial charge on any atom is -0.493 e. The van der Waals surface area contributed by atoms with Crippen molar-refractivity contribution in [2.24, 2.45) is 4.99 Å². The van der Waals surface area contributed by atoms with Gasteiger partial charge in [-0.2, -0.15) is 0 Å². The summed E-state index contributed by atoms with van der Waals surface area (Å²) in [6.45, 7) is 0.861. The predicted octanol–water partition coefficient (Wildman–Crippen LogP) is 8.23. The number of carbonyl (C=O) groups is 1. The number of hydrogen-bond donors (Lipinski definition) is 0. The van der Waals surface area contributed by atoms with Gasteiger partial charge < -0.3 is 9.47 Å². The highest BCUT2D eigenvalue weighted by Crippen LogP contribution is 2.37. The highest BCUT2D eigenvalue weighted by atomic mass is 32.2. The monoisotopic (exact) mass is 556 g/mol. The lowest BCUT2D eigenvalue weighted by molar-refractivity contribution is -0.122. The highest BCUT2D eigenvalue weighted by Gasteiger charge is 2.33. The van der Waals surface area contributed by atoms with E-state index in [1.54, 1.807) is 12.0 Å². The first kappa shape index (κ1) is 26.4. The summed E-state index contributed by atoms with van der Waals surface area (Å²) >= 11 is 1.38. The molecule has 0 N–H and O–H groups in total. The first-order valence-electron chi connectivity index (χ1n) is 13.3. The van der Waals surface area contributed by atoms with Crippen LogP contribution >= 0.6 is 11.8 Å². The van der Waals surface area contributed by atoms with E-state index in [-0.39, 0.29) is 5.91 Å². The molecule has 0 saturated carbocycles. The maximum absolute atomic E-state index is 13.6. The van der Waals surface area contributed by atoms with Gasteiger partial charge in [-0.25, -0.2) is 4.99 Å². The number of nitrogens with zero attached hydrogens (tertiary/aromatic N) is 2. The predicted molar refractivity (Wildman–Crippen MR) is 167 cm³/mol. The van der Waals surface area contributed by atoms with Crippen LogP contribution in [0.3, 0.4) is 0 Å². The van der Waals surface area contributed by atoms with E-state index in [9.17, 15) is 4.79 Å². The quantitative estimate of drug-likeness (QED) is 0.181. The van der Waals surface area contributed by atoms with Crippen LogP contribution in [0, 0.1) is 0 Å². The van der Waals surface area contributed by atoms with Crippen LogP contribution in [0.25, 0.3) is 16.8 Å². The van der Waals surface area contributed by atoms with Crippen molar-refractivity contribution in [3.05, 3.63) is 143 Å². The van der Waals surface area contributed by atoms with Crippen LogP contribution in [-0.4, -0.2) is 23.1 Å². The lowest BCUT2D eigenvalue weighted by Crippen LogP contribution is -2.28. The summed E-state index contributed by atoms with van der Waals surface area (Å²) in [5.41, 5.74) is 3.79. The van der Waals surface area contributed by atoms with Crippen LogP contribution in [0.5, 0.6) is 11.5 Å². The molecule has 202 valence electrons. The normalized spacial score (nSPS) is 15.1. The molecular weight excluding hydrogens is 528 g/mol. The molecular formula is C35H28N2O3S. The Morgan fingerprint density at radius 3 is 2.34 bits per heavy atom. The number of fused-ring (bicyclic) bond motifs is 1. The van der Waals surface area contributed by atoms with Crippen molar-refractivity contribution >= 4 is 45.4 Å². The van der Waals surface area contributed by atoms with E-state index in [1.807, 2.05) is 103 Å². The zero-order chi connectivity index (χ0) is 28.0. The van der Waals surface area contributed by atoms with Gasteiger partial charge in [0.15, 0.2) is 16.7 Å². The van der Waals surface area contributed by atoms with E-state index >= 15 is 0 Å². The Kier molecular flexibility index (Phi) is 7.83. The minimum absolute atomic E-state index is 0.0798. The molecule has 6 heteroatoms. The fourth-order valence-corrected chi connectivity index (χ4v) is 5.73. The molecule has 5 nitrogen and oxygen atoms in total. The van der Waals surface area contributed by atoms with Crippen LogP contribution in [0.4, 0.5) is 5.69 Å². The van der Waals surface area contributed by atoms with Crippen LogP contribution in [0.1, 0.15) is 16.7 Å². The van der Waals surface area contributed by atoms with Crippen molar-refractivity contribution in [3.8, 4) is 11.5 Å². The molecule has 1 aliphatic heterocycles. The number of benzene rings is 5. The second-order valence-electron chi connectivity index (χ2n) is 9.55. The van der Waals surface area contributed by atoms with E-state index in [2.05, 4.69) is 24.3 Å². The Morgan fingerprint density at radius 2 is 1.54 bits per heavy atom. The number of carbonyl (C=O) groups excluding carboxylic acids is 1. The van der Waals surface area contributed by atoms with Crippen LogP contribution in [-0.2, 0) is 17.9 Å². The summed E-state index contributed by atoms with van der Waals surface area (Å²) in [7, 11) is 1.62. The van der Waals surface area contributed by atoms with Crippen LogP contribution in [0.15, 0.2) is 131 Å². The molecule has 1 fully saturated rings. The number of methoxy groups -OCH3 is 1. The zero-order valence-electron chi connectivity index (χ0n) is 22.6. The minimum atomic E-state index is -0.0798. The van der Waals surface area contributed by atoms with Crippen molar-refractivity contribution in [3.63, 3.8) is 0 Å². The van der Waals surface area contributed by atoms with E-state index in [1.165, 1.54) is 22.5 Å². The summed E-state index contributed by atoms with van der Waals surface area (Å²) in [4.78, 5) is 20.7. The number of amides is 1. The summed E-state index contributed by atoms with van der Waals surface area (Å²) in [5, 5.41) is 3.00. The number of hydrogen-bond acceptors (Lipinski definition) is 5. The molecule has 41 heavy (non-hydrogen) atoms. The standard InChI is InChI=1S/C35H28N2O3S/c1-39-32-21-26(19-20-31(32)40-24-28-15-10-14-27-13-8-9-18-30(27)28)22-33-34(38)37(23-25-11-4-2-5-12-25)35(41-33)36-29-16-6-3-7-17-29/h2-22H,23-24H2,1H3/b33-22-,36-35?. The molecule has 0 atom stereocenters. The van der Waals surface area contributed by atoms with Gasteiger partial charge in [0.2, 0.25) is 0 Å². The largest absolute Gasteiger partial charge is 0.493 e. The maximum Gasteiger partial charge on any atom is 0.267 e. The average Bonchev–Trinajstić information content (AvgIpc) is 3.30. The van der Waals surface area contributed by atoms with Crippen molar-refractivity contribution in [1.29, 1.82) is 0 Å². The first-order valence-corrected chi connectivity index (χ1v) is 14.2. The number of ether oxygens (including phenoxy) is 2. The fourth-order valence-electron chi connectivity index (χ4n) is 4.73. The third-order valence-electron chi connectivity index (χ3n) is 6.80. The van der Waals surface area contributed by atoms with Crippen molar-refractivity contribution in [1.82, 2.24) is 4.90 Å². The summed E-state index contributed by atoms with van der Waals surface area (Å²) in [5.74, 6) is 1.17. The van der Waals surface area contributed by atoms with Gasteiger partial charge in [0.25, 0.3) is 5.91 Å². The maximum atomic E-state index is 13.6. The van der Waals surface area contributed by atoms with Crippen molar-refractivity contribution in [2.75, 3.05) is 7.11 Å². The van der Waals surface area contributed by atoms with Crippen LogP contribution < -0.4 is 9.47 Å². The Morgan fingerprint density at radius 1 is 0.805 bits per heavy atom. The molecule has 5 aromatic rings. The van der Waals surface area contributed by atoms with E-state index in [0.29, 0.717) is 34.7 Å². The first-order chi connectivity index (χ1) is 20.2. The van der Waals surface area contributed by atoms with Gasteiger partial charge in [-0.05, 0) is 69.6 Å². The summed E-state index contributed by atoms with van der Waals surface area (Å²) in [6.07, 6.45) is 1.88. The highest BCUT2D eigenvalue weighted by molar-refractivity contribution is 8.18. The molecule has 1 heterocycles. The van der Waals surface area contributed by atoms with E-state index in [0.717, 1.165) is 22.4 Å². The summed E-state index contributed by atoms with van der Waals surface area (Å²) < 4.78 is 11.9. The topological polar surface area (TPSA) is 51.1 Å². The van der Waals surface area contributed by atoms with Crippen molar-refractivity contribution in [2.45, 2.75) is 13.2 Å². The zero-order valence-corrected chi connectivity index (χ0v) is 23.4. The number of para-hydroxylation sites is 1. The number of rotatable bonds is 8. The van der Waals surface area contributed by atoms with Gasteiger partial charge >= 0.3 is 0 Å². The molecule has 0 aliphatic carbocycles. The lowest BCUT2D eigenvalue weighted by atomic mass is 10.1. The molecule has 0 spiro atoms. The third kappa shape index (κ3) is 6.03. The Hall–Kier alpha value is -4.81. The second-order valence-corrected chi connectivity index (χ2v) is 10.6. The average molecular weight is 557 g/mol. The molecule has 0 bridgehead atoms. The Bertz CT molecular complexity index is 1740. The molecule has 6 rings (SSSR count). The smallest absolute Gasteiger partial charge is 0.267 e. The number of aliphatic imine (C=N–C) groups is 1. The molecule has 5 aromatic carbocycles. The van der Waals surface area contributed by atoms with Gasteiger partial charge in [-0.15, -0.1) is 0 Å². The summed E-state index contributed by atoms with van der Waals surface area (Å²) in [6, 6.07) is 39.9. The van der Waals surface area contributed by atoms with Gasteiger partial charge in [-0.3, -0.25) is 9.69 Å². The molecule has 0 unspecified atom stereocenters. The molecule has 1 aliphatic rings. The van der Waals surface area contributed by atoms with Gasteiger partial charge in [0.1, 0.15) is 6.61 Å². The second kappa shape index (κ2) is 12.1. The molecule has 0 radical (unpaired) electrons. The SMILES string of the molecule is COc1cc(/C=C2\SC(=Nc3ccccc3)N(Cc3ccccc3)C2=O)ccc1OCc1cccc2ccccc12. The van der Waals surface area contributed by atoms with Crippen LogP contribution in [0.2, 0.25) is 0 Å². The van der Waals surface area contributed by atoms with Gasteiger partial charge in [0, 0.05) is 0 Å². The third-order valence-corrected chi connectivity index (χ3v) is 7.81. The fraction of sp³-hybridized carbons (Fsp3) is 0.0857. The van der Waals surface area contributed by atoms with Gasteiger partial charge in [-0.1, -0.05) is 97.1 Å². The Balaban J connectivity index is 1.25. The van der Waals surface area contributed by atoms with Crippen molar-refractivity contribution < 1.29 is 14.3 Å². The molecule has 1 saturated heterocycles. The number of amidine groups is 1. The molecule has 0 aromatic heterocycles. The van der Waals surface area contributed by atoms with Gasteiger partial charge in [0.05, 0.1) is 24.2 Å². The lowest BCUT2D eigenvalue weighted by Gasteiger charge is -2.15. The number of thioether (sulfide) groups is 1. The Labute approximate surface area is 243 Å².